The van der Waals surface area contributed by atoms with Crippen molar-refractivity contribution in [2.24, 2.45) is 5.41 Å². The number of halogens is 1. The van der Waals surface area contributed by atoms with Crippen LogP contribution in [-0.2, 0) is 0 Å². The first-order valence-electron chi connectivity index (χ1n) is 7.63. The van der Waals surface area contributed by atoms with Crippen molar-refractivity contribution in [1.29, 1.82) is 5.26 Å². The third-order valence-corrected chi connectivity index (χ3v) is 4.09. The van der Waals surface area contributed by atoms with E-state index in [0.717, 1.165) is 31.4 Å². The van der Waals surface area contributed by atoms with Crippen LogP contribution in [0.15, 0.2) is 18.2 Å². The van der Waals surface area contributed by atoms with Crippen molar-refractivity contribution in [3.63, 3.8) is 0 Å². The molecule has 114 valence electrons. The van der Waals surface area contributed by atoms with E-state index >= 15 is 0 Å². The number of nitrogens with one attached hydrogen (secondary N) is 1. The summed E-state index contributed by atoms with van der Waals surface area (Å²) in [6, 6.07) is 7.03. The molecule has 1 unspecified atom stereocenters. The molecule has 1 aliphatic rings. The van der Waals surface area contributed by atoms with E-state index in [4.69, 9.17) is 10.00 Å². The van der Waals surface area contributed by atoms with Gasteiger partial charge in [0.1, 0.15) is 11.6 Å². The Bertz CT molecular complexity index is 520. The molecule has 0 spiro atoms. The molecule has 1 aliphatic carbocycles. The summed E-state index contributed by atoms with van der Waals surface area (Å²) < 4.78 is 19.4. The van der Waals surface area contributed by atoms with E-state index in [-0.39, 0.29) is 17.3 Å². The van der Waals surface area contributed by atoms with Gasteiger partial charge in [0.15, 0.2) is 0 Å². The van der Waals surface area contributed by atoms with Crippen molar-refractivity contribution in [1.82, 2.24) is 5.32 Å². The first-order chi connectivity index (χ1) is 10.1. The van der Waals surface area contributed by atoms with Gasteiger partial charge in [-0.3, -0.25) is 0 Å². The van der Waals surface area contributed by atoms with Gasteiger partial charge in [-0.1, -0.05) is 13.0 Å². The summed E-state index contributed by atoms with van der Waals surface area (Å²) in [5.41, 5.74) is 0.968. The highest BCUT2D eigenvalue weighted by molar-refractivity contribution is 5.36. The van der Waals surface area contributed by atoms with Crippen LogP contribution in [0.2, 0.25) is 0 Å². The third-order valence-electron chi connectivity index (χ3n) is 4.09. The lowest BCUT2D eigenvalue weighted by molar-refractivity contribution is 0.232. The van der Waals surface area contributed by atoms with Crippen molar-refractivity contribution in [2.75, 3.05) is 13.2 Å². The zero-order valence-electron chi connectivity index (χ0n) is 12.8. The number of benzene rings is 1. The molecule has 4 heteroatoms. The highest BCUT2D eigenvalue weighted by Gasteiger charge is 2.43. The number of nitrogens with zero attached hydrogens (tertiary/aromatic N) is 1. The van der Waals surface area contributed by atoms with E-state index in [1.54, 1.807) is 6.07 Å². The normalized spacial score (nSPS) is 17.0. The van der Waals surface area contributed by atoms with Crippen molar-refractivity contribution in [3.05, 3.63) is 29.6 Å². The van der Waals surface area contributed by atoms with Gasteiger partial charge in [-0.2, -0.15) is 5.26 Å². The van der Waals surface area contributed by atoms with E-state index in [2.05, 4.69) is 25.2 Å². The topological polar surface area (TPSA) is 45.0 Å². The number of nitriles is 1. The van der Waals surface area contributed by atoms with Crippen molar-refractivity contribution < 1.29 is 9.13 Å². The number of ether oxygens (including phenoxy) is 1. The van der Waals surface area contributed by atoms with Crippen LogP contribution in [0.25, 0.3) is 0 Å². The predicted molar refractivity (Wildman–Crippen MR) is 80.5 cm³/mol. The summed E-state index contributed by atoms with van der Waals surface area (Å²) in [5.74, 6) is 0.303. The molecule has 3 nitrogen and oxygen atoms in total. The molecule has 0 saturated heterocycles. The second-order valence-electron chi connectivity index (χ2n) is 5.98. The molecule has 1 N–H and O–H groups in total. The molecule has 1 aromatic carbocycles. The van der Waals surface area contributed by atoms with Crippen LogP contribution in [0.1, 0.15) is 51.1 Å². The molecule has 1 aromatic rings. The Morgan fingerprint density at radius 2 is 2.24 bits per heavy atom. The summed E-state index contributed by atoms with van der Waals surface area (Å²) >= 11 is 0. The average Bonchev–Trinajstić information content (AvgIpc) is 3.23. The van der Waals surface area contributed by atoms with Crippen LogP contribution in [0.4, 0.5) is 4.39 Å². The molecule has 1 atom stereocenters. The zero-order valence-corrected chi connectivity index (χ0v) is 12.8. The van der Waals surface area contributed by atoms with Crippen molar-refractivity contribution >= 4 is 0 Å². The molecule has 2 rings (SSSR count). The van der Waals surface area contributed by atoms with Gasteiger partial charge in [0.2, 0.25) is 0 Å². The predicted octanol–water partition coefficient (Wildman–Crippen LogP) is 3.96. The van der Waals surface area contributed by atoms with Crippen molar-refractivity contribution in [2.45, 2.75) is 45.6 Å². The summed E-state index contributed by atoms with van der Waals surface area (Å²) in [7, 11) is 0. The number of rotatable bonds is 8. The fourth-order valence-electron chi connectivity index (χ4n) is 2.41. The molecule has 21 heavy (non-hydrogen) atoms. The summed E-state index contributed by atoms with van der Waals surface area (Å²) in [6.45, 7) is 5.58. The minimum atomic E-state index is -0.290. The van der Waals surface area contributed by atoms with Gasteiger partial charge >= 0.3 is 0 Å². The van der Waals surface area contributed by atoms with Crippen LogP contribution < -0.4 is 10.1 Å². The largest absolute Gasteiger partial charge is 0.493 e. The maximum Gasteiger partial charge on any atom is 0.127 e. The maximum atomic E-state index is 13.5. The molecule has 0 aliphatic heterocycles. The average molecular weight is 290 g/mol. The molecule has 0 radical (unpaired) electrons. The van der Waals surface area contributed by atoms with Gasteiger partial charge < -0.3 is 10.1 Å². The second-order valence-corrected chi connectivity index (χ2v) is 5.98. The van der Waals surface area contributed by atoms with Crippen LogP contribution in [0.3, 0.4) is 0 Å². The highest BCUT2D eigenvalue weighted by Crippen LogP contribution is 2.49. The second kappa shape index (κ2) is 6.91. The molecule has 0 bridgehead atoms. The third kappa shape index (κ3) is 4.18. The van der Waals surface area contributed by atoms with Crippen LogP contribution >= 0.6 is 0 Å². The smallest absolute Gasteiger partial charge is 0.127 e. The van der Waals surface area contributed by atoms with Gasteiger partial charge in [0.25, 0.3) is 0 Å². The van der Waals surface area contributed by atoms with E-state index < -0.39 is 0 Å². The molecular weight excluding hydrogens is 267 g/mol. The summed E-state index contributed by atoms with van der Waals surface area (Å²) in [5, 5.41) is 12.2. The minimum absolute atomic E-state index is 0.00156. The quantitative estimate of drug-likeness (QED) is 0.788. The SMILES string of the molecule is CCCNC(C)c1ccc(F)cc1OCC1(CC#N)CC1. The van der Waals surface area contributed by atoms with Crippen LogP contribution in [0, 0.1) is 22.6 Å². The van der Waals surface area contributed by atoms with E-state index in [1.807, 2.05) is 0 Å². The standard InChI is InChI=1S/C17H23FN2O/c1-3-10-20-13(2)15-5-4-14(18)11-16(15)21-12-17(6-7-17)8-9-19/h4-5,11,13,20H,3,6-8,10,12H2,1-2H3. The maximum absolute atomic E-state index is 13.5. The van der Waals surface area contributed by atoms with Crippen molar-refractivity contribution in [3.8, 4) is 11.8 Å². The molecule has 0 aromatic heterocycles. The minimum Gasteiger partial charge on any atom is -0.493 e. The monoisotopic (exact) mass is 290 g/mol. The van der Waals surface area contributed by atoms with E-state index in [0.29, 0.717) is 18.8 Å². The first-order valence-corrected chi connectivity index (χ1v) is 7.63. The number of hydrogen-bond donors (Lipinski definition) is 1. The van der Waals surface area contributed by atoms with Gasteiger partial charge in [-0.15, -0.1) is 0 Å². The fourth-order valence-corrected chi connectivity index (χ4v) is 2.41. The van der Waals surface area contributed by atoms with Gasteiger partial charge in [-0.05, 0) is 38.8 Å². The lowest BCUT2D eigenvalue weighted by Crippen LogP contribution is -2.21. The van der Waals surface area contributed by atoms with Crippen LogP contribution in [0.5, 0.6) is 5.75 Å². The Balaban J connectivity index is 2.06. The highest BCUT2D eigenvalue weighted by atomic mass is 19.1. The Hall–Kier alpha value is -1.60. The van der Waals surface area contributed by atoms with E-state index in [1.165, 1.54) is 12.1 Å². The fraction of sp³-hybridized carbons (Fsp3) is 0.588. The Labute approximate surface area is 126 Å². The molecule has 0 amide bonds. The summed E-state index contributed by atoms with van der Waals surface area (Å²) in [6.07, 6.45) is 3.61. The lowest BCUT2D eigenvalue weighted by atomic mass is 10.0. The van der Waals surface area contributed by atoms with E-state index in [9.17, 15) is 4.39 Å². The Morgan fingerprint density at radius 1 is 1.48 bits per heavy atom. The molecular formula is C17H23FN2O. The lowest BCUT2D eigenvalue weighted by Gasteiger charge is -2.20. The Morgan fingerprint density at radius 3 is 2.86 bits per heavy atom. The number of hydrogen-bond acceptors (Lipinski definition) is 3. The first kappa shape index (κ1) is 15.8. The molecule has 1 saturated carbocycles. The van der Waals surface area contributed by atoms with Crippen LogP contribution in [-0.4, -0.2) is 13.2 Å². The van der Waals surface area contributed by atoms with Gasteiger partial charge in [0.05, 0.1) is 12.7 Å². The molecule has 1 fully saturated rings. The Kier molecular flexibility index (Phi) is 5.19. The molecule has 0 heterocycles. The zero-order chi connectivity index (χ0) is 15.3. The van der Waals surface area contributed by atoms with Gasteiger partial charge in [0, 0.05) is 29.5 Å². The summed E-state index contributed by atoms with van der Waals surface area (Å²) in [4.78, 5) is 0. The van der Waals surface area contributed by atoms with Gasteiger partial charge in [-0.25, -0.2) is 4.39 Å².